The molecule has 0 aromatic heterocycles. The summed E-state index contributed by atoms with van der Waals surface area (Å²) in [6.07, 6.45) is 0.909. The number of hydrogen-bond donors (Lipinski definition) is 1. The Kier molecular flexibility index (Phi) is 14.4. The van der Waals surface area contributed by atoms with Gasteiger partial charge in [-0.1, -0.05) is 73.6 Å². The molecule has 0 amide bonds. The highest BCUT2D eigenvalue weighted by Gasteiger charge is 2.48. The third-order valence-electron chi connectivity index (χ3n) is 10.5. The van der Waals surface area contributed by atoms with Gasteiger partial charge >= 0.3 is 0 Å². The Labute approximate surface area is 284 Å². The van der Waals surface area contributed by atoms with Gasteiger partial charge in [0.15, 0.2) is 22.4 Å². The van der Waals surface area contributed by atoms with Gasteiger partial charge < -0.3 is 32.9 Å². The van der Waals surface area contributed by atoms with Gasteiger partial charge in [-0.05, 0) is 86.2 Å². The molecule has 7 nitrogen and oxygen atoms in total. The molecule has 0 unspecified atom stereocenters. The first-order valence-electron chi connectivity index (χ1n) is 17.1. The molecule has 0 radical (unpaired) electrons. The second kappa shape index (κ2) is 16.1. The first kappa shape index (κ1) is 41.1. The first-order chi connectivity index (χ1) is 20.9. The maximum atomic E-state index is 11.8. The summed E-state index contributed by atoms with van der Waals surface area (Å²) in [5.41, 5.74) is 1.99. The normalized spacial score (nSPS) is 22.7. The quantitative estimate of drug-likeness (QED) is 0.146. The van der Waals surface area contributed by atoms with Crippen molar-refractivity contribution in [1.82, 2.24) is 0 Å². The van der Waals surface area contributed by atoms with Crippen LogP contribution in [0.3, 0.4) is 0 Å². The molecular formula is C37H68O7Si2. The minimum Gasteiger partial charge on any atom is -0.497 e. The molecule has 6 atom stereocenters. The van der Waals surface area contributed by atoms with Crippen LogP contribution in [-0.2, 0) is 29.7 Å². The van der Waals surface area contributed by atoms with Crippen LogP contribution < -0.4 is 4.74 Å². The Hall–Kier alpha value is -1.05. The fraction of sp³-hybridized carbons (Fsp3) is 0.784. The summed E-state index contributed by atoms with van der Waals surface area (Å²) >= 11 is 0. The third-order valence-corrected chi connectivity index (χ3v) is 19.5. The molecule has 1 aromatic rings. The molecule has 9 heteroatoms. The van der Waals surface area contributed by atoms with Crippen molar-refractivity contribution in [2.75, 3.05) is 26.9 Å². The first-order valence-corrected chi connectivity index (χ1v) is 22.9. The summed E-state index contributed by atoms with van der Waals surface area (Å²) in [5.74, 6) is -0.113. The van der Waals surface area contributed by atoms with Crippen molar-refractivity contribution in [3.63, 3.8) is 0 Å². The summed E-state index contributed by atoms with van der Waals surface area (Å²) < 4.78 is 38.0. The third kappa shape index (κ3) is 11.5. The smallest absolute Gasteiger partial charge is 0.192 e. The van der Waals surface area contributed by atoms with Crippen LogP contribution in [0.25, 0.3) is 0 Å². The molecule has 1 aromatic carbocycles. The highest BCUT2D eigenvalue weighted by Crippen LogP contribution is 2.42. The molecule has 1 fully saturated rings. The van der Waals surface area contributed by atoms with E-state index in [-0.39, 0.29) is 40.0 Å². The predicted octanol–water partition coefficient (Wildman–Crippen LogP) is 8.97. The summed E-state index contributed by atoms with van der Waals surface area (Å²) in [6.45, 7) is 35.0. The second-order valence-electron chi connectivity index (χ2n) is 17.0. The molecule has 1 N–H and O–H groups in total. The molecule has 46 heavy (non-hydrogen) atoms. The number of hydrogen-bond acceptors (Lipinski definition) is 7. The molecule has 2 rings (SSSR count). The maximum Gasteiger partial charge on any atom is 0.192 e. The number of ether oxygens (including phenoxy) is 4. The highest BCUT2D eigenvalue weighted by molar-refractivity contribution is 6.74. The van der Waals surface area contributed by atoms with Crippen molar-refractivity contribution in [1.29, 1.82) is 0 Å². The zero-order valence-electron chi connectivity index (χ0n) is 32.1. The van der Waals surface area contributed by atoms with Gasteiger partial charge in [0.05, 0.1) is 51.8 Å². The van der Waals surface area contributed by atoms with Gasteiger partial charge in [0.1, 0.15) is 5.75 Å². The number of methoxy groups -OCH3 is 1. The molecule has 1 heterocycles. The fourth-order valence-corrected chi connectivity index (χ4v) is 7.60. The van der Waals surface area contributed by atoms with Crippen LogP contribution in [0, 0.1) is 17.8 Å². The van der Waals surface area contributed by atoms with Crippen LogP contribution in [0.5, 0.6) is 5.75 Å². The number of aliphatic hydroxyl groups excluding tert-OH is 1. The van der Waals surface area contributed by atoms with Crippen molar-refractivity contribution in [2.45, 2.75) is 143 Å². The van der Waals surface area contributed by atoms with Gasteiger partial charge in [-0.2, -0.15) is 0 Å². The summed E-state index contributed by atoms with van der Waals surface area (Å²) in [5, 5.41) is 11.9. The van der Waals surface area contributed by atoms with E-state index in [9.17, 15) is 5.11 Å². The second-order valence-corrected chi connectivity index (χ2v) is 26.6. The van der Waals surface area contributed by atoms with Crippen LogP contribution in [0.1, 0.15) is 81.7 Å². The Morgan fingerprint density at radius 2 is 1.54 bits per heavy atom. The Morgan fingerprint density at radius 3 is 2.07 bits per heavy atom. The fourth-order valence-electron chi connectivity index (χ4n) is 5.19. The minimum absolute atomic E-state index is 0.0419. The molecule has 0 bridgehead atoms. The summed E-state index contributed by atoms with van der Waals surface area (Å²) in [7, 11) is -2.52. The van der Waals surface area contributed by atoms with E-state index in [1.807, 2.05) is 45.0 Å². The SMILES string of the molecule is COc1ccc(COC[C@H](C)/C=C(\C)[C@H](O)[C@H]2COC(C)(C)O[C@H]2[C@H](C)[C@H](CO[Si](C)(C)C(C)(C)C)O[Si](C)(C)C(C)(C)C)cc1. The van der Waals surface area contributed by atoms with E-state index in [0.29, 0.717) is 26.4 Å². The minimum atomic E-state index is -2.15. The lowest BCUT2D eigenvalue weighted by molar-refractivity contribution is -0.313. The topological polar surface area (TPSA) is 75.6 Å². The van der Waals surface area contributed by atoms with Gasteiger partial charge in [-0.25, -0.2) is 0 Å². The van der Waals surface area contributed by atoms with E-state index < -0.39 is 28.5 Å². The van der Waals surface area contributed by atoms with E-state index in [2.05, 4.69) is 87.7 Å². The summed E-state index contributed by atoms with van der Waals surface area (Å²) in [4.78, 5) is 0. The lowest BCUT2D eigenvalue weighted by atomic mass is 9.81. The van der Waals surface area contributed by atoms with Gasteiger partial charge in [0.25, 0.3) is 0 Å². The highest BCUT2D eigenvalue weighted by atomic mass is 28.4. The molecule has 266 valence electrons. The number of rotatable bonds is 15. The zero-order chi connectivity index (χ0) is 35.3. The predicted molar refractivity (Wildman–Crippen MR) is 194 cm³/mol. The maximum absolute atomic E-state index is 11.8. The van der Waals surface area contributed by atoms with Crippen LogP contribution in [-0.4, -0.2) is 72.8 Å². The van der Waals surface area contributed by atoms with E-state index in [0.717, 1.165) is 16.9 Å². The van der Waals surface area contributed by atoms with E-state index in [1.54, 1.807) is 7.11 Å². The van der Waals surface area contributed by atoms with E-state index in [4.69, 9.17) is 27.8 Å². The molecule has 0 spiro atoms. The molecule has 0 saturated carbocycles. The van der Waals surface area contributed by atoms with E-state index >= 15 is 0 Å². The van der Waals surface area contributed by atoms with Gasteiger partial charge in [-0.15, -0.1) is 0 Å². The summed E-state index contributed by atoms with van der Waals surface area (Å²) in [6, 6.07) is 7.91. The molecular weight excluding hydrogens is 613 g/mol. The Morgan fingerprint density at radius 1 is 0.978 bits per heavy atom. The van der Waals surface area contributed by atoms with Crippen molar-refractivity contribution in [2.24, 2.45) is 17.8 Å². The average Bonchev–Trinajstić information content (AvgIpc) is 2.93. The van der Waals surface area contributed by atoms with E-state index in [1.165, 1.54) is 0 Å². The lowest BCUT2D eigenvalue weighted by Crippen LogP contribution is -2.57. The standard InChI is InChI=1S/C37H68O7Si2/c1-26(22-40-23-29-17-19-30(39-12)20-18-29)21-27(2)33(38)31-24-41-37(10,11)43-34(31)28(3)32(44-46(15,16)36(7,8)9)25-42-45(13,14)35(4,5)6/h17-21,26,28,31-34,38H,22-25H2,1-16H3/b27-21+/t26-,28-,31-,32+,33+,34+/m1/s1. The van der Waals surface area contributed by atoms with Crippen molar-refractivity contribution in [3.8, 4) is 5.75 Å². The molecule has 1 saturated heterocycles. The number of aliphatic hydroxyl groups is 1. The average molecular weight is 681 g/mol. The van der Waals surface area contributed by atoms with Crippen LogP contribution >= 0.6 is 0 Å². The monoisotopic (exact) mass is 680 g/mol. The largest absolute Gasteiger partial charge is 0.497 e. The Balaban J connectivity index is 2.27. The van der Waals surface area contributed by atoms with Crippen molar-refractivity contribution >= 4 is 16.6 Å². The van der Waals surface area contributed by atoms with Crippen LogP contribution in [0.15, 0.2) is 35.9 Å². The number of benzene rings is 1. The van der Waals surface area contributed by atoms with Gasteiger partial charge in [-0.3, -0.25) is 0 Å². The van der Waals surface area contributed by atoms with Gasteiger partial charge in [0, 0.05) is 11.8 Å². The zero-order valence-corrected chi connectivity index (χ0v) is 34.1. The van der Waals surface area contributed by atoms with Gasteiger partial charge in [0.2, 0.25) is 0 Å². The molecule has 0 aliphatic carbocycles. The van der Waals surface area contributed by atoms with Crippen LogP contribution in [0.2, 0.25) is 36.3 Å². The molecule has 1 aliphatic heterocycles. The molecule has 1 aliphatic rings. The van der Waals surface area contributed by atoms with Crippen LogP contribution in [0.4, 0.5) is 0 Å². The van der Waals surface area contributed by atoms with Crippen molar-refractivity contribution in [3.05, 3.63) is 41.5 Å². The van der Waals surface area contributed by atoms with Crippen molar-refractivity contribution < 1.29 is 32.9 Å². The Bertz CT molecular complexity index is 1100. The lowest BCUT2D eigenvalue weighted by Gasteiger charge is -2.49.